The Balaban J connectivity index is 2.71. The van der Waals surface area contributed by atoms with Gasteiger partial charge in [0.2, 0.25) is 0 Å². The third-order valence-corrected chi connectivity index (χ3v) is 12.7. The normalized spacial score (nSPS) is 18.8. The predicted octanol–water partition coefficient (Wildman–Crippen LogP) is 14.6. The van der Waals surface area contributed by atoms with E-state index < -0.39 is 67.3 Å². The SMILES string of the molecule is CC/C=C\C/C=C\C/C=C\C/C=C\CCCCCCC(=O)OCC(COC1OC(C(=O)O)C(O)C(O)C1OC(=O)CCCCCCC/C=C\CCCCCCCC)OC(=O)CCCCCCC/C=C\CCCC. The molecule has 73 heavy (non-hydrogen) atoms. The Hall–Kier alpha value is -3.84. The maximum atomic E-state index is 13.1. The summed E-state index contributed by atoms with van der Waals surface area (Å²) in [4.78, 5) is 51.0. The quantitative estimate of drug-likeness (QED) is 0.0228. The lowest BCUT2D eigenvalue weighted by atomic mass is 9.98. The van der Waals surface area contributed by atoms with Gasteiger partial charge in [0.1, 0.15) is 18.8 Å². The summed E-state index contributed by atoms with van der Waals surface area (Å²) < 4.78 is 28.3. The first kappa shape index (κ1) is 67.2. The van der Waals surface area contributed by atoms with E-state index in [1.165, 1.54) is 51.4 Å². The van der Waals surface area contributed by atoms with Crippen molar-refractivity contribution in [1.29, 1.82) is 0 Å². The molecule has 1 aliphatic heterocycles. The molecule has 0 radical (unpaired) electrons. The molecular weight excluding hydrogens is 925 g/mol. The van der Waals surface area contributed by atoms with Gasteiger partial charge < -0.3 is 39.0 Å². The number of ether oxygens (including phenoxy) is 5. The molecule has 0 aromatic rings. The summed E-state index contributed by atoms with van der Waals surface area (Å²) in [6.45, 7) is 5.79. The summed E-state index contributed by atoms with van der Waals surface area (Å²) >= 11 is 0. The van der Waals surface area contributed by atoms with E-state index in [0.29, 0.717) is 19.3 Å². The minimum atomic E-state index is -1.91. The van der Waals surface area contributed by atoms with Gasteiger partial charge in [-0.2, -0.15) is 0 Å². The third-order valence-electron chi connectivity index (χ3n) is 12.7. The number of rotatable bonds is 48. The molecule has 6 unspecified atom stereocenters. The number of carbonyl (C=O) groups is 4. The van der Waals surface area contributed by atoms with Gasteiger partial charge in [0.25, 0.3) is 0 Å². The number of carbonyl (C=O) groups excluding carboxylic acids is 3. The number of carboxylic acid groups (broad SMARTS) is 1. The maximum absolute atomic E-state index is 13.1. The molecule has 12 nitrogen and oxygen atoms in total. The van der Waals surface area contributed by atoms with Crippen LogP contribution in [0.5, 0.6) is 0 Å². The molecule has 0 saturated carbocycles. The van der Waals surface area contributed by atoms with Crippen molar-refractivity contribution in [1.82, 2.24) is 0 Å². The van der Waals surface area contributed by atoms with Crippen LogP contribution in [-0.2, 0) is 42.9 Å². The Bertz CT molecular complexity index is 1550. The first-order valence-electron chi connectivity index (χ1n) is 28.9. The fourth-order valence-electron chi connectivity index (χ4n) is 8.27. The Morgan fingerprint density at radius 1 is 0.466 bits per heavy atom. The Kier molecular flexibility index (Phi) is 45.1. The molecule has 418 valence electrons. The van der Waals surface area contributed by atoms with E-state index in [0.717, 1.165) is 128 Å². The fraction of sp³-hybridized carbons (Fsp3) is 0.738. The first-order valence-corrected chi connectivity index (χ1v) is 28.9. The van der Waals surface area contributed by atoms with E-state index >= 15 is 0 Å². The lowest BCUT2D eigenvalue weighted by molar-refractivity contribution is -0.301. The summed E-state index contributed by atoms with van der Waals surface area (Å²) in [6, 6.07) is 0. The molecule has 3 N–H and O–H groups in total. The number of hydrogen-bond acceptors (Lipinski definition) is 11. The minimum absolute atomic E-state index is 0.0458. The number of aliphatic carboxylic acids is 1. The fourth-order valence-corrected chi connectivity index (χ4v) is 8.27. The van der Waals surface area contributed by atoms with Crippen LogP contribution in [0.2, 0.25) is 0 Å². The molecule has 1 fully saturated rings. The molecule has 1 rings (SSSR count). The topological polar surface area (TPSA) is 175 Å². The van der Waals surface area contributed by atoms with E-state index in [2.05, 4.69) is 93.7 Å². The van der Waals surface area contributed by atoms with E-state index in [4.69, 9.17) is 23.7 Å². The van der Waals surface area contributed by atoms with Gasteiger partial charge in [-0.1, -0.05) is 190 Å². The zero-order chi connectivity index (χ0) is 53.3. The third kappa shape index (κ3) is 39.3. The Morgan fingerprint density at radius 2 is 0.877 bits per heavy atom. The highest BCUT2D eigenvalue weighted by atomic mass is 16.7. The molecular formula is C61H102O12. The van der Waals surface area contributed by atoms with Gasteiger partial charge in [0.05, 0.1) is 6.61 Å². The monoisotopic (exact) mass is 1030 g/mol. The van der Waals surface area contributed by atoms with Crippen molar-refractivity contribution >= 4 is 23.9 Å². The molecule has 12 heteroatoms. The van der Waals surface area contributed by atoms with Crippen molar-refractivity contribution in [2.75, 3.05) is 13.2 Å². The highest BCUT2D eigenvalue weighted by Gasteiger charge is 2.50. The molecule has 0 aromatic heterocycles. The highest BCUT2D eigenvalue weighted by Crippen LogP contribution is 2.26. The number of esters is 3. The van der Waals surface area contributed by atoms with Gasteiger partial charge in [-0.25, -0.2) is 4.79 Å². The van der Waals surface area contributed by atoms with E-state index in [1.807, 2.05) is 0 Å². The number of aliphatic hydroxyl groups is 2. The van der Waals surface area contributed by atoms with Gasteiger partial charge in [-0.05, 0) is 103 Å². The van der Waals surface area contributed by atoms with Crippen molar-refractivity contribution in [3.8, 4) is 0 Å². The van der Waals surface area contributed by atoms with Crippen molar-refractivity contribution in [3.63, 3.8) is 0 Å². The number of unbranched alkanes of at least 4 members (excludes halogenated alkanes) is 22. The average Bonchev–Trinajstić information content (AvgIpc) is 3.37. The molecule has 0 bridgehead atoms. The molecule has 0 spiro atoms. The van der Waals surface area contributed by atoms with E-state index in [9.17, 15) is 34.5 Å². The van der Waals surface area contributed by atoms with Crippen LogP contribution < -0.4 is 0 Å². The van der Waals surface area contributed by atoms with Gasteiger partial charge in [0.15, 0.2) is 24.6 Å². The molecule has 6 atom stereocenters. The minimum Gasteiger partial charge on any atom is -0.479 e. The zero-order valence-electron chi connectivity index (χ0n) is 45.9. The highest BCUT2D eigenvalue weighted by molar-refractivity contribution is 5.74. The molecule has 0 amide bonds. The summed E-state index contributed by atoms with van der Waals surface area (Å²) in [5.74, 6) is -3.17. The molecule has 1 heterocycles. The predicted molar refractivity (Wildman–Crippen MR) is 294 cm³/mol. The second-order valence-electron chi connectivity index (χ2n) is 19.5. The van der Waals surface area contributed by atoms with E-state index in [1.54, 1.807) is 0 Å². The van der Waals surface area contributed by atoms with Crippen LogP contribution in [0.3, 0.4) is 0 Å². The van der Waals surface area contributed by atoms with Crippen molar-refractivity contribution < 1.29 is 58.2 Å². The summed E-state index contributed by atoms with van der Waals surface area (Å²) in [7, 11) is 0. The van der Waals surface area contributed by atoms with Gasteiger partial charge >= 0.3 is 23.9 Å². The zero-order valence-corrected chi connectivity index (χ0v) is 45.9. The van der Waals surface area contributed by atoms with Gasteiger partial charge in [0, 0.05) is 19.3 Å². The number of aliphatic hydroxyl groups excluding tert-OH is 2. The number of carboxylic acids is 1. The lowest BCUT2D eigenvalue weighted by Crippen LogP contribution is -2.61. The largest absolute Gasteiger partial charge is 0.479 e. The standard InChI is InChI=1S/C61H102O12/c1-4-7-10-13-16-19-22-24-26-27-29-30-33-35-38-41-44-47-53(62)69-50-52(71-54(63)48-45-42-39-36-32-21-18-15-12-9-6-3)51-70-61-59(57(66)56(65)58(73-61)60(67)68)72-55(64)49-46-43-40-37-34-31-28-25-23-20-17-14-11-8-5-2/h7,10,15-16,18-19,24-26,28-30,52,56-59,61,65-66H,4-6,8-9,11-14,17,20-23,27,31-51H2,1-3H3,(H,67,68)/b10-7-,18-15-,19-16-,26-24-,28-25-,30-29-. The maximum Gasteiger partial charge on any atom is 0.335 e. The first-order chi connectivity index (χ1) is 35.6. The van der Waals surface area contributed by atoms with Crippen molar-refractivity contribution in [3.05, 3.63) is 72.9 Å². The van der Waals surface area contributed by atoms with Crippen LogP contribution in [0.4, 0.5) is 0 Å². The van der Waals surface area contributed by atoms with Crippen LogP contribution in [0.1, 0.15) is 239 Å². The number of allylic oxidation sites excluding steroid dienone is 12. The summed E-state index contributed by atoms with van der Waals surface area (Å²) in [5, 5.41) is 31.4. The summed E-state index contributed by atoms with van der Waals surface area (Å²) in [6.07, 6.45) is 48.8. The van der Waals surface area contributed by atoms with Crippen LogP contribution in [-0.4, -0.2) is 89.2 Å². The molecule has 1 aliphatic rings. The van der Waals surface area contributed by atoms with Crippen LogP contribution in [0, 0.1) is 0 Å². The molecule has 0 aromatic carbocycles. The van der Waals surface area contributed by atoms with Crippen LogP contribution >= 0.6 is 0 Å². The van der Waals surface area contributed by atoms with Crippen molar-refractivity contribution in [2.45, 2.75) is 276 Å². The van der Waals surface area contributed by atoms with Crippen molar-refractivity contribution in [2.24, 2.45) is 0 Å². The van der Waals surface area contributed by atoms with Crippen LogP contribution in [0.15, 0.2) is 72.9 Å². The molecule has 1 saturated heterocycles. The lowest BCUT2D eigenvalue weighted by Gasteiger charge is -2.40. The summed E-state index contributed by atoms with van der Waals surface area (Å²) in [5.41, 5.74) is 0. The number of hydrogen-bond donors (Lipinski definition) is 3. The Labute approximate surface area is 442 Å². The van der Waals surface area contributed by atoms with Crippen LogP contribution in [0.25, 0.3) is 0 Å². The second kappa shape index (κ2) is 49.1. The second-order valence-corrected chi connectivity index (χ2v) is 19.5. The Morgan fingerprint density at radius 3 is 1.37 bits per heavy atom. The average molecular weight is 1030 g/mol. The smallest absolute Gasteiger partial charge is 0.335 e. The van der Waals surface area contributed by atoms with Gasteiger partial charge in [-0.3, -0.25) is 14.4 Å². The van der Waals surface area contributed by atoms with E-state index in [-0.39, 0.29) is 25.9 Å². The van der Waals surface area contributed by atoms with Gasteiger partial charge in [-0.15, -0.1) is 0 Å². The molecule has 0 aliphatic carbocycles.